The molecule has 1 unspecified atom stereocenters. The van der Waals surface area contributed by atoms with Crippen molar-refractivity contribution in [3.05, 3.63) is 51.1 Å². The average Bonchev–Trinajstić information content (AvgIpc) is 2.31. The van der Waals surface area contributed by atoms with Gasteiger partial charge in [0.15, 0.2) is 0 Å². The van der Waals surface area contributed by atoms with Gasteiger partial charge in [0, 0.05) is 0 Å². The molecule has 0 saturated heterocycles. The monoisotopic (exact) mass is 415 g/mol. The zero-order chi connectivity index (χ0) is 13.2. The Balaban J connectivity index is 2.61. The molecule has 1 nitrogen and oxygen atoms in total. The molecule has 0 amide bonds. The maximum atomic E-state index is 9.13. The molecule has 92 valence electrons. The molecular weight excluding hydrogens is 400 g/mol. The molecule has 1 aromatic rings. The molecule has 0 saturated carbocycles. The van der Waals surface area contributed by atoms with E-state index in [1.807, 2.05) is 0 Å². The van der Waals surface area contributed by atoms with E-state index in [1.54, 1.807) is 0 Å². The minimum absolute atomic E-state index is 0.000856. The van der Waals surface area contributed by atoms with E-state index in [1.165, 1.54) is 20.3 Å². The van der Waals surface area contributed by atoms with E-state index in [-0.39, 0.29) is 19.3 Å². The van der Waals surface area contributed by atoms with E-state index >= 15 is 0 Å². The molecule has 1 aromatic carbocycles. The third-order valence-electron chi connectivity index (χ3n) is 3.22. The van der Waals surface area contributed by atoms with Gasteiger partial charge in [0.05, 0.1) is 0 Å². The molecule has 18 heavy (non-hydrogen) atoms. The van der Waals surface area contributed by atoms with Gasteiger partial charge in [0.1, 0.15) is 0 Å². The van der Waals surface area contributed by atoms with Crippen LogP contribution in [0.15, 0.2) is 40.0 Å². The van der Waals surface area contributed by atoms with Gasteiger partial charge in [-0.25, -0.2) is 0 Å². The summed E-state index contributed by atoms with van der Waals surface area (Å²) < 4.78 is 1.27. The van der Waals surface area contributed by atoms with E-state index in [9.17, 15) is 0 Å². The van der Waals surface area contributed by atoms with Crippen molar-refractivity contribution in [2.75, 3.05) is 0 Å². The van der Waals surface area contributed by atoms with Crippen LogP contribution in [0.1, 0.15) is 24.5 Å². The predicted octanol–water partition coefficient (Wildman–Crippen LogP) is 4.46. The van der Waals surface area contributed by atoms with Crippen LogP contribution in [0.2, 0.25) is 4.31 Å². The number of nitrogens with zero attached hydrogens (tertiary/aromatic N) is 1. The van der Waals surface area contributed by atoms with Gasteiger partial charge in [0.2, 0.25) is 0 Å². The molecular formula is C15H14INSe. The average molecular weight is 414 g/mol. The third kappa shape index (κ3) is 2.56. The second kappa shape index (κ2) is 5.61. The Morgan fingerprint density at radius 2 is 2.11 bits per heavy atom. The summed E-state index contributed by atoms with van der Waals surface area (Å²) in [7, 11) is 0. The van der Waals surface area contributed by atoms with Gasteiger partial charge in [-0.15, -0.1) is 0 Å². The Morgan fingerprint density at radius 3 is 2.78 bits per heavy atom. The first-order valence-electron chi connectivity index (χ1n) is 5.78. The summed E-state index contributed by atoms with van der Waals surface area (Å²) in [6, 6.07) is 8.47. The number of hydrogen-bond acceptors (Lipinski definition) is 1. The van der Waals surface area contributed by atoms with Crippen LogP contribution in [-0.4, -0.2) is 15.0 Å². The first-order valence-corrected chi connectivity index (χ1v) is 8.57. The zero-order valence-corrected chi connectivity index (χ0v) is 14.3. The molecule has 1 atom stereocenters. The van der Waals surface area contributed by atoms with Crippen LogP contribution in [-0.2, 0) is 0 Å². The molecule has 0 heterocycles. The molecule has 0 aliphatic heterocycles. The summed E-state index contributed by atoms with van der Waals surface area (Å²) in [4.78, 5) is 2.41. The SMILES string of the molecule is Cc1ccccc1C1=C(I)C=CCC1(C)[Se]C#N. The second-order valence-corrected chi connectivity index (χ2v) is 8.43. The van der Waals surface area contributed by atoms with Gasteiger partial charge >= 0.3 is 129 Å². The van der Waals surface area contributed by atoms with Crippen molar-refractivity contribution in [1.82, 2.24) is 0 Å². The fraction of sp³-hybridized carbons (Fsp3) is 0.267. The van der Waals surface area contributed by atoms with Crippen LogP contribution in [0.3, 0.4) is 0 Å². The molecule has 3 heteroatoms. The van der Waals surface area contributed by atoms with Crippen LogP contribution in [0.25, 0.3) is 5.57 Å². The number of hydrogen-bond donors (Lipinski definition) is 0. The molecule has 1 aliphatic carbocycles. The fourth-order valence-corrected chi connectivity index (χ4v) is 5.31. The van der Waals surface area contributed by atoms with Gasteiger partial charge in [-0.05, 0) is 0 Å². The van der Waals surface area contributed by atoms with Crippen molar-refractivity contribution in [2.45, 2.75) is 24.6 Å². The molecule has 0 fully saturated rings. The van der Waals surface area contributed by atoms with E-state index in [0.717, 1.165) is 6.42 Å². The quantitative estimate of drug-likeness (QED) is 0.518. The Kier molecular flexibility index (Phi) is 4.32. The van der Waals surface area contributed by atoms with E-state index in [2.05, 4.69) is 77.8 Å². The van der Waals surface area contributed by atoms with Gasteiger partial charge in [-0.3, -0.25) is 0 Å². The normalized spacial score (nSPS) is 23.0. The molecule has 0 aromatic heterocycles. The van der Waals surface area contributed by atoms with Gasteiger partial charge in [0.25, 0.3) is 0 Å². The topological polar surface area (TPSA) is 23.8 Å². The Bertz CT molecular complexity index is 568. The summed E-state index contributed by atoms with van der Waals surface area (Å²) >= 11 is 2.36. The van der Waals surface area contributed by atoms with E-state index in [0.29, 0.717) is 0 Å². The summed E-state index contributed by atoms with van der Waals surface area (Å²) in [5, 5.41) is 9.13. The summed E-state index contributed by atoms with van der Waals surface area (Å²) in [5.41, 5.74) is 3.94. The Labute approximate surface area is 128 Å². The van der Waals surface area contributed by atoms with Gasteiger partial charge in [-0.2, -0.15) is 0 Å². The number of benzene rings is 1. The van der Waals surface area contributed by atoms with E-state index < -0.39 is 0 Å². The zero-order valence-electron chi connectivity index (χ0n) is 10.4. The minimum atomic E-state index is -0.0359. The van der Waals surface area contributed by atoms with Crippen LogP contribution >= 0.6 is 22.6 Å². The van der Waals surface area contributed by atoms with Crippen LogP contribution in [0, 0.1) is 17.2 Å². The van der Waals surface area contributed by atoms with Gasteiger partial charge < -0.3 is 0 Å². The molecule has 0 bridgehead atoms. The summed E-state index contributed by atoms with van der Waals surface area (Å²) in [6.07, 6.45) is 5.34. The predicted molar refractivity (Wildman–Crippen MR) is 85.6 cm³/mol. The molecule has 2 rings (SSSR count). The van der Waals surface area contributed by atoms with Crippen molar-refractivity contribution in [1.29, 1.82) is 5.26 Å². The molecule has 0 radical (unpaired) electrons. The van der Waals surface area contributed by atoms with Crippen molar-refractivity contribution >= 4 is 43.1 Å². The van der Waals surface area contributed by atoms with Crippen molar-refractivity contribution < 1.29 is 0 Å². The number of allylic oxidation sites excluding steroid dienone is 4. The van der Waals surface area contributed by atoms with Gasteiger partial charge in [-0.1, -0.05) is 0 Å². The summed E-state index contributed by atoms with van der Waals surface area (Å²) in [6.45, 7) is 4.37. The Hall–Kier alpha value is -0.561. The molecule has 0 spiro atoms. The van der Waals surface area contributed by atoms with E-state index in [4.69, 9.17) is 5.26 Å². The Morgan fingerprint density at radius 1 is 1.39 bits per heavy atom. The van der Waals surface area contributed by atoms with Crippen molar-refractivity contribution in [3.63, 3.8) is 0 Å². The van der Waals surface area contributed by atoms with Crippen LogP contribution < -0.4 is 0 Å². The van der Waals surface area contributed by atoms with Crippen molar-refractivity contribution in [2.24, 2.45) is 0 Å². The molecule has 0 N–H and O–H groups in total. The number of rotatable bonds is 2. The first-order chi connectivity index (χ1) is 8.58. The van der Waals surface area contributed by atoms with Crippen LogP contribution in [0.4, 0.5) is 0 Å². The van der Waals surface area contributed by atoms with Crippen molar-refractivity contribution in [3.8, 4) is 4.97 Å². The molecule has 1 aliphatic rings. The number of halogens is 1. The maximum absolute atomic E-state index is 9.13. The fourth-order valence-electron chi connectivity index (χ4n) is 2.29. The standard InChI is InChI=1S/C15H14INSe/c1-11-6-3-4-7-12(11)14-13(16)8-5-9-15(14,2)18-10-17/h3-8H,9H2,1-2H3. The van der Waals surface area contributed by atoms with Crippen LogP contribution in [0.5, 0.6) is 0 Å². The second-order valence-electron chi connectivity index (χ2n) is 4.57. The third-order valence-corrected chi connectivity index (χ3v) is 6.04. The number of nitriles is 1. The summed E-state index contributed by atoms with van der Waals surface area (Å²) in [5.74, 6) is 0. The number of aryl methyl sites for hydroxylation is 1. The first kappa shape index (κ1) is 13.9.